The van der Waals surface area contributed by atoms with Gasteiger partial charge in [0.1, 0.15) is 11.9 Å². The maximum atomic E-state index is 12.9. The molecular formula is C18H20N2O2. The summed E-state index contributed by atoms with van der Waals surface area (Å²) in [4.78, 5) is 14.7. The minimum atomic E-state index is -0.0413. The predicted molar refractivity (Wildman–Crippen MR) is 88.6 cm³/mol. The molecule has 0 aliphatic carbocycles. The molecule has 0 aromatic heterocycles. The van der Waals surface area contributed by atoms with Crippen molar-refractivity contribution in [2.45, 2.75) is 26.4 Å². The van der Waals surface area contributed by atoms with Crippen LogP contribution in [0.3, 0.4) is 0 Å². The number of fused-ring (bicyclic) bond motifs is 1. The Balaban J connectivity index is 1.96. The summed E-state index contributed by atoms with van der Waals surface area (Å²) in [5.74, 6) is 0.850. The topological polar surface area (TPSA) is 41.6 Å². The molecular weight excluding hydrogens is 276 g/mol. The Hall–Kier alpha value is -2.49. The third-order valence-electron chi connectivity index (χ3n) is 3.82. The quantitative estimate of drug-likeness (QED) is 0.930. The molecule has 1 atom stereocenters. The van der Waals surface area contributed by atoms with Crippen LogP contribution in [0.2, 0.25) is 0 Å². The lowest BCUT2D eigenvalue weighted by Gasteiger charge is -2.37. The Bertz CT molecular complexity index is 667. The van der Waals surface area contributed by atoms with Crippen LogP contribution in [-0.4, -0.2) is 18.7 Å². The van der Waals surface area contributed by atoms with Crippen LogP contribution in [-0.2, 0) is 0 Å². The van der Waals surface area contributed by atoms with Gasteiger partial charge in [0.05, 0.1) is 12.2 Å². The van der Waals surface area contributed by atoms with Gasteiger partial charge in [0.15, 0.2) is 0 Å². The third-order valence-corrected chi connectivity index (χ3v) is 3.82. The van der Waals surface area contributed by atoms with Crippen molar-refractivity contribution in [2.75, 3.05) is 16.8 Å². The highest BCUT2D eigenvalue weighted by atomic mass is 16.5. The summed E-state index contributed by atoms with van der Waals surface area (Å²) in [5, 5.41) is 3.44. The molecule has 1 aliphatic heterocycles. The number of nitrogens with zero attached hydrogens (tertiary/aromatic N) is 1. The van der Waals surface area contributed by atoms with Gasteiger partial charge in [0.25, 0.3) is 5.91 Å². The van der Waals surface area contributed by atoms with Crippen molar-refractivity contribution in [1.29, 1.82) is 0 Å². The van der Waals surface area contributed by atoms with Crippen LogP contribution < -0.4 is 15.0 Å². The van der Waals surface area contributed by atoms with Gasteiger partial charge < -0.3 is 10.1 Å². The van der Waals surface area contributed by atoms with E-state index in [1.807, 2.05) is 60.4 Å². The first-order chi connectivity index (χ1) is 10.7. The fraction of sp³-hybridized carbons (Fsp3) is 0.278. The van der Waals surface area contributed by atoms with Crippen LogP contribution >= 0.6 is 0 Å². The van der Waals surface area contributed by atoms with Gasteiger partial charge in [0, 0.05) is 11.4 Å². The lowest BCUT2D eigenvalue weighted by atomic mass is 10.1. The molecule has 4 heteroatoms. The first-order valence-electron chi connectivity index (χ1n) is 7.66. The van der Waals surface area contributed by atoms with Crippen LogP contribution in [0.5, 0.6) is 5.75 Å². The molecule has 0 bridgehead atoms. The standard InChI is InChI=1S/C18H20N2O2/c1-3-17-19-16-8-6-5-7-15(16)18(21)20(17)13-9-11-14(12-10-13)22-4-2/h5-12,17,19H,3-4H2,1-2H3. The second-order valence-corrected chi connectivity index (χ2v) is 5.22. The van der Waals surface area contributed by atoms with Gasteiger partial charge in [-0.1, -0.05) is 19.1 Å². The summed E-state index contributed by atoms with van der Waals surface area (Å²) in [6, 6.07) is 15.3. The van der Waals surface area contributed by atoms with Crippen LogP contribution in [0.1, 0.15) is 30.6 Å². The molecule has 2 aromatic carbocycles. The molecule has 114 valence electrons. The summed E-state index contributed by atoms with van der Waals surface area (Å²) in [5.41, 5.74) is 2.49. The average molecular weight is 296 g/mol. The van der Waals surface area contributed by atoms with Crippen LogP contribution in [0.15, 0.2) is 48.5 Å². The van der Waals surface area contributed by atoms with E-state index in [0.29, 0.717) is 12.2 Å². The molecule has 1 N–H and O–H groups in total. The Morgan fingerprint density at radius 1 is 1.09 bits per heavy atom. The average Bonchev–Trinajstić information content (AvgIpc) is 2.56. The van der Waals surface area contributed by atoms with E-state index in [1.165, 1.54) is 0 Å². The zero-order valence-corrected chi connectivity index (χ0v) is 12.9. The normalized spacial score (nSPS) is 16.9. The molecule has 0 saturated carbocycles. The number of carbonyl (C=O) groups is 1. The fourth-order valence-electron chi connectivity index (χ4n) is 2.76. The fourth-order valence-corrected chi connectivity index (χ4v) is 2.76. The number of carbonyl (C=O) groups excluding carboxylic acids is 1. The molecule has 0 fully saturated rings. The lowest BCUT2D eigenvalue weighted by Crippen LogP contribution is -2.48. The van der Waals surface area contributed by atoms with Gasteiger partial charge in [-0.3, -0.25) is 9.69 Å². The van der Waals surface area contributed by atoms with Crippen molar-refractivity contribution in [3.8, 4) is 5.75 Å². The van der Waals surface area contributed by atoms with Gasteiger partial charge in [-0.05, 0) is 49.7 Å². The van der Waals surface area contributed by atoms with Crippen molar-refractivity contribution < 1.29 is 9.53 Å². The van der Waals surface area contributed by atoms with E-state index in [1.54, 1.807) is 0 Å². The monoisotopic (exact) mass is 296 g/mol. The smallest absolute Gasteiger partial charge is 0.262 e. The number of benzene rings is 2. The number of para-hydroxylation sites is 1. The highest BCUT2D eigenvalue weighted by Gasteiger charge is 2.31. The van der Waals surface area contributed by atoms with Gasteiger partial charge in [-0.25, -0.2) is 0 Å². The number of anilines is 2. The maximum absolute atomic E-state index is 12.9. The van der Waals surface area contributed by atoms with Gasteiger partial charge in [-0.15, -0.1) is 0 Å². The van der Waals surface area contributed by atoms with Gasteiger partial charge in [0.2, 0.25) is 0 Å². The number of hydrogen-bond acceptors (Lipinski definition) is 3. The summed E-state index contributed by atoms with van der Waals surface area (Å²) in [6.07, 6.45) is 0.785. The number of amides is 1. The number of nitrogens with one attached hydrogen (secondary N) is 1. The Kier molecular flexibility index (Phi) is 4.00. The van der Waals surface area contributed by atoms with Crippen molar-refractivity contribution in [3.05, 3.63) is 54.1 Å². The molecule has 1 aliphatic rings. The first kappa shape index (κ1) is 14.4. The zero-order valence-electron chi connectivity index (χ0n) is 12.9. The minimum Gasteiger partial charge on any atom is -0.494 e. The SMILES string of the molecule is CCOc1ccc(N2C(=O)c3ccccc3NC2CC)cc1. The van der Waals surface area contributed by atoms with Gasteiger partial charge in [-0.2, -0.15) is 0 Å². The third kappa shape index (κ3) is 2.52. The molecule has 2 aromatic rings. The highest BCUT2D eigenvalue weighted by Crippen LogP contribution is 2.31. The van der Waals surface area contributed by atoms with Crippen molar-refractivity contribution in [2.24, 2.45) is 0 Å². The molecule has 22 heavy (non-hydrogen) atoms. The van der Waals surface area contributed by atoms with E-state index in [-0.39, 0.29) is 12.1 Å². The molecule has 1 amide bonds. The van der Waals surface area contributed by atoms with Crippen molar-refractivity contribution in [1.82, 2.24) is 0 Å². The van der Waals surface area contributed by atoms with E-state index in [9.17, 15) is 4.79 Å². The number of hydrogen-bond donors (Lipinski definition) is 1. The lowest BCUT2D eigenvalue weighted by molar-refractivity contribution is 0.0974. The van der Waals surface area contributed by atoms with E-state index in [4.69, 9.17) is 4.74 Å². The maximum Gasteiger partial charge on any atom is 0.262 e. The zero-order chi connectivity index (χ0) is 15.5. The van der Waals surface area contributed by atoms with E-state index >= 15 is 0 Å². The summed E-state index contributed by atoms with van der Waals surface area (Å²) < 4.78 is 5.47. The Morgan fingerprint density at radius 3 is 2.50 bits per heavy atom. The predicted octanol–water partition coefficient (Wildman–Crippen LogP) is 3.89. The van der Waals surface area contributed by atoms with Crippen LogP contribution in [0.4, 0.5) is 11.4 Å². The molecule has 1 unspecified atom stereocenters. The van der Waals surface area contributed by atoms with Crippen molar-refractivity contribution >= 4 is 17.3 Å². The molecule has 0 radical (unpaired) electrons. The van der Waals surface area contributed by atoms with Crippen molar-refractivity contribution in [3.63, 3.8) is 0 Å². The molecule has 4 nitrogen and oxygen atoms in total. The van der Waals surface area contributed by atoms with E-state index < -0.39 is 0 Å². The first-order valence-corrected chi connectivity index (χ1v) is 7.66. The number of ether oxygens (including phenoxy) is 1. The van der Waals surface area contributed by atoms with Crippen LogP contribution in [0.25, 0.3) is 0 Å². The minimum absolute atomic E-state index is 0.0327. The van der Waals surface area contributed by atoms with Crippen LogP contribution in [0, 0.1) is 0 Å². The number of rotatable bonds is 4. The molecule has 1 heterocycles. The molecule has 0 spiro atoms. The highest BCUT2D eigenvalue weighted by molar-refractivity contribution is 6.12. The molecule has 0 saturated heterocycles. The second-order valence-electron chi connectivity index (χ2n) is 5.22. The molecule has 3 rings (SSSR count). The largest absolute Gasteiger partial charge is 0.494 e. The van der Waals surface area contributed by atoms with E-state index in [0.717, 1.165) is 23.5 Å². The summed E-state index contributed by atoms with van der Waals surface area (Å²) >= 11 is 0. The van der Waals surface area contributed by atoms with E-state index in [2.05, 4.69) is 12.2 Å². The second kappa shape index (κ2) is 6.10. The Labute approximate surface area is 130 Å². The van der Waals surface area contributed by atoms with Gasteiger partial charge >= 0.3 is 0 Å². The summed E-state index contributed by atoms with van der Waals surface area (Å²) in [7, 11) is 0. The Morgan fingerprint density at radius 2 is 1.82 bits per heavy atom. The summed E-state index contributed by atoms with van der Waals surface area (Å²) in [6.45, 7) is 4.66.